The molecule has 0 aromatic heterocycles. The maximum absolute atomic E-state index is 9.03. The SMILES string of the molecule is CC1O[C@H](CO)CC1Sc1ccccc1. The predicted octanol–water partition coefficient (Wildman–Crippen LogP) is 2.32. The van der Waals surface area contributed by atoms with Crippen LogP contribution in [-0.2, 0) is 4.74 Å². The van der Waals surface area contributed by atoms with Gasteiger partial charge in [-0.15, -0.1) is 11.8 Å². The molecule has 1 N–H and O–H groups in total. The maximum Gasteiger partial charge on any atom is 0.0821 e. The fourth-order valence-corrected chi connectivity index (χ4v) is 3.06. The van der Waals surface area contributed by atoms with E-state index in [9.17, 15) is 0 Å². The van der Waals surface area contributed by atoms with Crippen LogP contribution in [-0.4, -0.2) is 29.2 Å². The minimum absolute atomic E-state index is 0.0289. The van der Waals surface area contributed by atoms with Gasteiger partial charge in [-0.05, 0) is 25.5 Å². The fraction of sp³-hybridized carbons (Fsp3) is 0.500. The highest BCUT2D eigenvalue weighted by Crippen LogP contribution is 2.34. The molecule has 0 aliphatic carbocycles. The summed E-state index contributed by atoms with van der Waals surface area (Å²) in [4.78, 5) is 1.27. The zero-order valence-electron chi connectivity index (χ0n) is 8.80. The lowest BCUT2D eigenvalue weighted by Gasteiger charge is -2.12. The predicted molar refractivity (Wildman–Crippen MR) is 62.1 cm³/mol. The Hall–Kier alpha value is -0.510. The van der Waals surface area contributed by atoms with Crippen molar-refractivity contribution in [2.75, 3.05) is 6.61 Å². The molecule has 2 nitrogen and oxygen atoms in total. The summed E-state index contributed by atoms with van der Waals surface area (Å²) >= 11 is 1.84. The van der Waals surface area contributed by atoms with Gasteiger partial charge in [0.05, 0.1) is 18.8 Å². The Morgan fingerprint density at radius 1 is 1.40 bits per heavy atom. The average Bonchev–Trinajstić information content (AvgIpc) is 2.61. The van der Waals surface area contributed by atoms with Gasteiger partial charge in [0, 0.05) is 10.1 Å². The van der Waals surface area contributed by atoms with Gasteiger partial charge in [-0.3, -0.25) is 0 Å². The van der Waals surface area contributed by atoms with Crippen LogP contribution in [0.1, 0.15) is 13.3 Å². The Morgan fingerprint density at radius 2 is 2.13 bits per heavy atom. The summed E-state index contributed by atoms with van der Waals surface area (Å²) in [6.45, 7) is 2.21. The molecule has 1 aliphatic heterocycles. The highest BCUT2D eigenvalue weighted by Gasteiger charge is 2.32. The zero-order valence-corrected chi connectivity index (χ0v) is 9.61. The van der Waals surface area contributed by atoms with E-state index >= 15 is 0 Å². The Kier molecular flexibility index (Phi) is 3.67. The van der Waals surface area contributed by atoms with Crippen molar-refractivity contribution in [1.29, 1.82) is 0 Å². The van der Waals surface area contributed by atoms with Gasteiger partial charge in [-0.25, -0.2) is 0 Å². The van der Waals surface area contributed by atoms with Gasteiger partial charge >= 0.3 is 0 Å². The highest BCUT2D eigenvalue weighted by atomic mass is 32.2. The lowest BCUT2D eigenvalue weighted by molar-refractivity contribution is 0.0204. The Labute approximate surface area is 94.6 Å². The summed E-state index contributed by atoms with van der Waals surface area (Å²) in [6.07, 6.45) is 1.20. The number of aliphatic hydroxyl groups excluding tert-OH is 1. The normalized spacial score (nSPS) is 30.7. The van der Waals surface area contributed by atoms with Gasteiger partial charge in [0.2, 0.25) is 0 Å². The second-order valence-electron chi connectivity index (χ2n) is 3.85. The van der Waals surface area contributed by atoms with Crippen LogP contribution in [0.15, 0.2) is 35.2 Å². The number of aliphatic hydroxyl groups is 1. The molecule has 1 aromatic rings. The number of hydrogen-bond acceptors (Lipinski definition) is 3. The monoisotopic (exact) mass is 224 g/mol. The van der Waals surface area contributed by atoms with Crippen molar-refractivity contribution in [1.82, 2.24) is 0 Å². The van der Waals surface area contributed by atoms with E-state index < -0.39 is 0 Å². The first-order chi connectivity index (χ1) is 7.29. The summed E-state index contributed by atoms with van der Waals surface area (Å²) in [7, 11) is 0. The third-order valence-electron chi connectivity index (χ3n) is 2.66. The minimum atomic E-state index is 0.0289. The highest BCUT2D eigenvalue weighted by molar-refractivity contribution is 8.00. The quantitative estimate of drug-likeness (QED) is 0.854. The average molecular weight is 224 g/mol. The first-order valence-electron chi connectivity index (χ1n) is 5.27. The molecule has 0 bridgehead atoms. The van der Waals surface area contributed by atoms with Crippen LogP contribution in [0, 0.1) is 0 Å². The van der Waals surface area contributed by atoms with E-state index in [0.29, 0.717) is 5.25 Å². The lowest BCUT2D eigenvalue weighted by Crippen LogP contribution is -2.13. The van der Waals surface area contributed by atoms with Crippen molar-refractivity contribution in [2.45, 2.75) is 35.7 Å². The smallest absolute Gasteiger partial charge is 0.0821 e. The van der Waals surface area contributed by atoms with E-state index in [2.05, 4.69) is 19.1 Å². The summed E-state index contributed by atoms with van der Waals surface area (Å²) in [5.74, 6) is 0. The van der Waals surface area contributed by atoms with Crippen LogP contribution in [0.4, 0.5) is 0 Å². The largest absolute Gasteiger partial charge is 0.394 e. The van der Waals surface area contributed by atoms with Crippen molar-refractivity contribution in [3.63, 3.8) is 0 Å². The molecule has 0 amide bonds. The van der Waals surface area contributed by atoms with Crippen LogP contribution in [0.5, 0.6) is 0 Å². The van der Waals surface area contributed by atoms with Crippen LogP contribution in [0.25, 0.3) is 0 Å². The molecule has 1 heterocycles. The topological polar surface area (TPSA) is 29.5 Å². The minimum Gasteiger partial charge on any atom is -0.394 e. The van der Waals surface area contributed by atoms with E-state index in [1.807, 2.05) is 30.0 Å². The first kappa shape index (κ1) is 11.0. The fourth-order valence-electron chi connectivity index (χ4n) is 1.83. The third-order valence-corrected chi connectivity index (χ3v) is 4.08. The molecule has 15 heavy (non-hydrogen) atoms. The van der Waals surface area contributed by atoms with Crippen molar-refractivity contribution in [3.8, 4) is 0 Å². The summed E-state index contributed by atoms with van der Waals surface area (Å²) in [6, 6.07) is 10.3. The molecule has 82 valence electrons. The van der Waals surface area contributed by atoms with E-state index in [-0.39, 0.29) is 18.8 Å². The number of ether oxygens (including phenoxy) is 1. The van der Waals surface area contributed by atoms with E-state index in [1.54, 1.807) is 0 Å². The van der Waals surface area contributed by atoms with Crippen molar-refractivity contribution < 1.29 is 9.84 Å². The number of benzene rings is 1. The maximum atomic E-state index is 9.03. The summed E-state index contributed by atoms with van der Waals surface area (Å²) in [5.41, 5.74) is 0. The Morgan fingerprint density at radius 3 is 2.73 bits per heavy atom. The second kappa shape index (κ2) is 5.01. The van der Waals surface area contributed by atoms with Gasteiger partial charge in [-0.1, -0.05) is 18.2 Å². The summed E-state index contributed by atoms with van der Waals surface area (Å²) in [5, 5.41) is 9.50. The van der Waals surface area contributed by atoms with Gasteiger partial charge in [-0.2, -0.15) is 0 Å². The number of hydrogen-bond donors (Lipinski definition) is 1. The van der Waals surface area contributed by atoms with Crippen molar-refractivity contribution >= 4 is 11.8 Å². The molecule has 0 spiro atoms. The van der Waals surface area contributed by atoms with Gasteiger partial charge in [0.25, 0.3) is 0 Å². The molecule has 1 aliphatic rings. The van der Waals surface area contributed by atoms with Crippen LogP contribution < -0.4 is 0 Å². The molecule has 1 saturated heterocycles. The van der Waals surface area contributed by atoms with E-state index in [0.717, 1.165) is 6.42 Å². The number of rotatable bonds is 3. The molecule has 2 rings (SSSR count). The molecule has 0 radical (unpaired) electrons. The second-order valence-corrected chi connectivity index (χ2v) is 5.16. The molecule has 2 unspecified atom stereocenters. The molecule has 0 saturated carbocycles. The van der Waals surface area contributed by atoms with Gasteiger partial charge in [0.15, 0.2) is 0 Å². The van der Waals surface area contributed by atoms with Crippen molar-refractivity contribution in [3.05, 3.63) is 30.3 Å². The Balaban J connectivity index is 1.96. The van der Waals surface area contributed by atoms with Gasteiger partial charge in [0.1, 0.15) is 0 Å². The van der Waals surface area contributed by atoms with Crippen molar-refractivity contribution in [2.24, 2.45) is 0 Å². The zero-order chi connectivity index (χ0) is 10.7. The van der Waals surface area contributed by atoms with E-state index in [4.69, 9.17) is 9.84 Å². The Bertz CT molecular complexity index is 302. The molecular formula is C12H16O2S. The van der Waals surface area contributed by atoms with Gasteiger partial charge < -0.3 is 9.84 Å². The standard InChI is InChI=1S/C12H16O2S/c1-9-12(7-10(8-13)14-9)15-11-5-3-2-4-6-11/h2-6,9-10,12-13H,7-8H2,1H3/t9?,10-,12?/m0/s1. The number of thioether (sulfide) groups is 1. The van der Waals surface area contributed by atoms with Crippen LogP contribution >= 0.6 is 11.8 Å². The molecule has 3 atom stereocenters. The third kappa shape index (κ3) is 2.74. The van der Waals surface area contributed by atoms with E-state index in [1.165, 1.54) is 4.90 Å². The molecular weight excluding hydrogens is 208 g/mol. The van der Waals surface area contributed by atoms with Crippen LogP contribution in [0.2, 0.25) is 0 Å². The first-order valence-corrected chi connectivity index (χ1v) is 6.15. The molecule has 3 heteroatoms. The molecule has 1 fully saturated rings. The molecule has 1 aromatic carbocycles. The lowest BCUT2D eigenvalue weighted by atomic mass is 10.2. The summed E-state index contributed by atoms with van der Waals surface area (Å²) < 4.78 is 5.62. The van der Waals surface area contributed by atoms with Crippen LogP contribution in [0.3, 0.4) is 0 Å².